The molecule has 4 heteroatoms. The number of carbonyl (C=O) groups is 1. The second kappa shape index (κ2) is 5.87. The van der Waals surface area contributed by atoms with E-state index in [1.165, 1.54) is 11.9 Å². The molecular formula is C15H23NO2S. The molecule has 0 saturated carbocycles. The van der Waals surface area contributed by atoms with Gasteiger partial charge in [-0.3, -0.25) is 0 Å². The minimum atomic E-state index is -0.488. The van der Waals surface area contributed by atoms with Crippen molar-refractivity contribution in [3.8, 4) is 0 Å². The summed E-state index contributed by atoms with van der Waals surface area (Å²) in [6.45, 7) is 11.6. The molecule has 0 spiro atoms. The third-order valence-electron chi connectivity index (χ3n) is 2.11. The maximum atomic E-state index is 12.3. The maximum Gasteiger partial charge on any atom is 0.421 e. The summed E-state index contributed by atoms with van der Waals surface area (Å²) >= 11 is 1.40. The highest BCUT2D eigenvalue weighted by Gasteiger charge is 2.31. The first-order chi connectivity index (χ1) is 8.59. The van der Waals surface area contributed by atoms with Gasteiger partial charge in [0.05, 0.1) is 0 Å². The maximum absolute atomic E-state index is 12.3. The first-order valence-corrected chi connectivity index (χ1v) is 7.13. The van der Waals surface area contributed by atoms with Crippen LogP contribution in [0.25, 0.3) is 0 Å². The molecule has 3 nitrogen and oxygen atoms in total. The number of carbonyl (C=O) groups excluding carboxylic acids is 1. The van der Waals surface area contributed by atoms with Crippen LogP contribution in [0.2, 0.25) is 0 Å². The molecule has 0 bridgehead atoms. The van der Waals surface area contributed by atoms with Crippen LogP contribution in [0, 0.1) is 0 Å². The van der Waals surface area contributed by atoms with E-state index in [2.05, 4.69) is 0 Å². The summed E-state index contributed by atoms with van der Waals surface area (Å²) in [4.78, 5) is 13.3. The molecule has 0 heterocycles. The lowest BCUT2D eigenvalue weighted by Crippen LogP contribution is -2.43. The van der Waals surface area contributed by atoms with Crippen molar-refractivity contribution < 1.29 is 9.53 Å². The van der Waals surface area contributed by atoms with Crippen LogP contribution in [0.4, 0.5) is 4.79 Å². The number of amides is 1. The summed E-state index contributed by atoms with van der Waals surface area (Å²) in [5.74, 6) is 0. The molecule has 0 radical (unpaired) electrons. The van der Waals surface area contributed by atoms with E-state index in [9.17, 15) is 4.79 Å². The molecule has 0 atom stereocenters. The summed E-state index contributed by atoms with van der Waals surface area (Å²) in [6, 6.07) is 9.83. The van der Waals surface area contributed by atoms with Crippen molar-refractivity contribution in [2.45, 2.75) is 57.6 Å². The Balaban J connectivity index is 2.88. The zero-order chi connectivity index (χ0) is 14.7. The minimum absolute atomic E-state index is 0.311. The van der Waals surface area contributed by atoms with E-state index in [0.29, 0.717) is 0 Å². The topological polar surface area (TPSA) is 29.5 Å². The van der Waals surface area contributed by atoms with E-state index in [0.717, 1.165) is 4.90 Å². The van der Waals surface area contributed by atoms with Gasteiger partial charge in [0.25, 0.3) is 0 Å². The molecule has 0 aliphatic carbocycles. The molecule has 19 heavy (non-hydrogen) atoms. The van der Waals surface area contributed by atoms with Crippen LogP contribution in [-0.4, -0.2) is 21.5 Å². The smallest absolute Gasteiger partial charge is 0.421 e. The van der Waals surface area contributed by atoms with E-state index in [-0.39, 0.29) is 11.6 Å². The number of rotatable bonds is 2. The van der Waals surface area contributed by atoms with Gasteiger partial charge < -0.3 is 4.74 Å². The van der Waals surface area contributed by atoms with Crippen LogP contribution in [0.3, 0.4) is 0 Å². The molecule has 0 aliphatic rings. The van der Waals surface area contributed by atoms with E-state index in [4.69, 9.17) is 4.74 Å². The average molecular weight is 281 g/mol. The molecule has 106 valence electrons. The second-order valence-corrected chi connectivity index (χ2v) is 7.37. The zero-order valence-electron chi connectivity index (χ0n) is 12.6. The van der Waals surface area contributed by atoms with Gasteiger partial charge in [0.15, 0.2) is 0 Å². The van der Waals surface area contributed by atoms with Gasteiger partial charge in [-0.15, -0.1) is 0 Å². The quantitative estimate of drug-likeness (QED) is 0.734. The summed E-state index contributed by atoms with van der Waals surface area (Å²) in [5.41, 5.74) is -0.805. The number of nitrogens with zero attached hydrogens (tertiary/aromatic N) is 1. The van der Waals surface area contributed by atoms with Crippen molar-refractivity contribution in [2.75, 3.05) is 0 Å². The van der Waals surface area contributed by atoms with E-state index in [1.54, 1.807) is 4.31 Å². The Labute approximate surface area is 120 Å². The molecule has 0 unspecified atom stereocenters. The number of hydrogen-bond acceptors (Lipinski definition) is 3. The highest BCUT2D eigenvalue weighted by atomic mass is 32.2. The molecule has 0 fully saturated rings. The first-order valence-electron chi connectivity index (χ1n) is 6.36. The SMILES string of the molecule is CC(C)(C)OC(=O)N(Sc1ccccc1)C(C)(C)C. The predicted molar refractivity (Wildman–Crippen MR) is 80.1 cm³/mol. The Bertz CT molecular complexity index is 418. The fraction of sp³-hybridized carbons (Fsp3) is 0.533. The Morgan fingerprint density at radius 3 is 2.00 bits per heavy atom. The largest absolute Gasteiger partial charge is 0.443 e. The first kappa shape index (κ1) is 15.9. The van der Waals surface area contributed by atoms with Crippen molar-refractivity contribution in [3.63, 3.8) is 0 Å². The molecule has 1 aromatic rings. The standard InChI is InChI=1S/C15H23NO2S/c1-14(2,3)16(13(17)18-15(4,5)6)19-12-10-8-7-9-11-12/h7-11H,1-6H3. The van der Waals surface area contributed by atoms with Gasteiger partial charge in [-0.25, -0.2) is 9.10 Å². The third-order valence-corrected chi connectivity index (χ3v) is 3.47. The monoisotopic (exact) mass is 281 g/mol. The average Bonchev–Trinajstić information content (AvgIpc) is 2.23. The van der Waals surface area contributed by atoms with E-state index < -0.39 is 5.60 Å². The summed E-state index contributed by atoms with van der Waals surface area (Å²) in [7, 11) is 0. The van der Waals surface area contributed by atoms with Gasteiger partial charge in [-0.2, -0.15) is 0 Å². The van der Waals surface area contributed by atoms with Crippen molar-refractivity contribution >= 4 is 18.0 Å². The molecule has 0 saturated heterocycles. The Hall–Kier alpha value is -1.16. The number of ether oxygens (including phenoxy) is 1. The van der Waals surface area contributed by atoms with Crippen LogP contribution in [0.5, 0.6) is 0 Å². The zero-order valence-corrected chi connectivity index (χ0v) is 13.4. The van der Waals surface area contributed by atoms with Gasteiger partial charge in [0.1, 0.15) is 5.60 Å². The molecule has 1 amide bonds. The summed E-state index contributed by atoms with van der Waals surface area (Å²) < 4.78 is 7.14. The lowest BCUT2D eigenvalue weighted by molar-refractivity contribution is 0.0303. The lowest BCUT2D eigenvalue weighted by atomic mass is 10.1. The van der Waals surface area contributed by atoms with Crippen molar-refractivity contribution in [2.24, 2.45) is 0 Å². The van der Waals surface area contributed by atoms with Gasteiger partial charge in [-0.05, 0) is 65.6 Å². The van der Waals surface area contributed by atoms with Crippen molar-refractivity contribution in [1.29, 1.82) is 0 Å². The van der Waals surface area contributed by atoms with Crippen molar-refractivity contribution in [3.05, 3.63) is 30.3 Å². The highest BCUT2D eigenvalue weighted by molar-refractivity contribution is 7.97. The van der Waals surface area contributed by atoms with Gasteiger partial charge >= 0.3 is 6.09 Å². The second-order valence-electron chi connectivity index (χ2n) is 6.35. The van der Waals surface area contributed by atoms with Crippen molar-refractivity contribution in [1.82, 2.24) is 4.31 Å². The van der Waals surface area contributed by atoms with Crippen LogP contribution >= 0.6 is 11.9 Å². The van der Waals surface area contributed by atoms with Crippen LogP contribution < -0.4 is 0 Å². The van der Waals surface area contributed by atoms with Crippen LogP contribution in [0.1, 0.15) is 41.5 Å². The van der Waals surface area contributed by atoms with Gasteiger partial charge in [0, 0.05) is 10.4 Å². The normalized spacial score (nSPS) is 12.1. The molecule has 1 rings (SSSR count). The Kier molecular flexibility index (Phi) is 4.91. The van der Waals surface area contributed by atoms with Gasteiger partial charge in [0.2, 0.25) is 0 Å². The van der Waals surface area contributed by atoms with E-state index in [1.807, 2.05) is 71.9 Å². The Morgan fingerprint density at radius 1 is 1.05 bits per heavy atom. The van der Waals surface area contributed by atoms with Gasteiger partial charge in [-0.1, -0.05) is 18.2 Å². The fourth-order valence-corrected chi connectivity index (χ4v) is 2.21. The molecule has 0 aliphatic heterocycles. The fourth-order valence-electron chi connectivity index (χ4n) is 1.34. The number of benzene rings is 1. The van der Waals surface area contributed by atoms with Crippen LogP contribution in [0.15, 0.2) is 35.2 Å². The van der Waals surface area contributed by atoms with E-state index >= 15 is 0 Å². The summed E-state index contributed by atoms with van der Waals surface area (Å²) in [5, 5.41) is 0. The minimum Gasteiger partial charge on any atom is -0.443 e. The lowest BCUT2D eigenvalue weighted by Gasteiger charge is -2.35. The van der Waals surface area contributed by atoms with Crippen LogP contribution in [-0.2, 0) is 4.74 Å². The Morgan fingerprint density at radius 2 is 1.58 bits per heavy atom. The molecule has 0 aromatic heterocycles. The highest BCUT2D eigenvalue weighted by Crippen LogP contribution is 2.31. The molecule has 1 aromatic carbocycles. The summed E-state index contributed by atoms with van der Waals surface area (Å²) in [6.07, 6.45) is -0.311. The predicted octanol–water partition coefficient (Wildman–Crippen LogP) is 4.73. The molecule has 0 N–H and O–H groups in total. The third kappa shape index (κ3) is 5.55. The molecular weight excluding hydrogens is 258 g/mol. The number of hydrogen-bond donors (Lipinski definition) is 0.